The summed E-state index contributed by atoms with van der Waals surface area (Å²) in [6.07, 6.45) is 4.10. The number of methoxy groups -OCH3 is 1. The van der Waals surface area contributed by atoms with E-state index in [4.69, 9.17) is 9.47 Å². The maximum atomic E-state index is 12.4. The molecule has 140 valence electrons. The monoisotopic (exact) mass is 358 g/mol. The lowest BCUT2D eigenvalue weighted by molar-refractivity contribution is 0.0944. The normalized spacial score (nSPS) is 16.9. The van der Waals surface area contributed by atoms with Gasteiger partial charge in [-0.1, -0.05) is 6.07 Å². The van der Waals surface area contributed by atoms with Crippen molar-refractivity contribution in [3.63, 3.8) is 0 Å². The third kappa shape index (κ3) is 4.35. The fourth-order valence-corrected chi connectivity index (χ4v) is 3.09. The van der Waals surface area contributed by atoms with Gasteiger partial charge in [-0.3, -0.25) is 9.48 Å². The molecule has 0 spiro atoms. The maximum absolute atomic E-state index is 12.4. The molecule has 1 aliphatic heterocycles. The van der Waals surface area contributed by atoms with E-state index in [9.17, 15) is 4.79 Å². The first-order valence-corrected chi connectivity index (χ1v) is 9.05. The Kier molecular flexibility index (Phi) is 6.12. The van der Waals surface area contributed by atoms with E-state index in [1.165, 1.54) is 0 Å². The fraction of sp³-hybridized carbons (Fsp3) is 0.474. The van der Waals surface area contributed by atoms with Gasteiger partial charge in [0.2, 0.25) is 0 Å². The summed E-state index contributed by atoms with van der Waals surface area (Å²) >= 11 is 0. The molecule has 26 heavy (non-hydrogen) atoms. The molecular weight excluding hydrogens is 332 g/mol. The maximum Gasteiger partial charge on any atom is 0.272 e. The Morgan fingerprint density at radius 3 is 3.00 bits per heavy atom. The van der Waals surface area contributed by atoms with Crippen molar-refractivity contribution in [3.05, 3.63) is 41.7 Å². The lowest BCUT2D eigenvalue weighted by Crippen LogP contribution is -2.32. The zero-order valence-corrected chi connectivity index (χ0v) is 15.3. The first-order chi connectivity index (χ1) is 12.7. The average Bonchev–Trinajstić information content (AvgIpc) is 3.18. The van der Waals surface area contributed by atoms with Gasteiger partial charge in [0, 0.05) is 19.3 Å². The minimum absolute atomic E-state index is 0.180. The number of hydrogen-bond donors (Lipinski definition) is 2. The van der Waals surface area contributed by atoms with Crippen molar-refractivity contribution >= 4 is 5.91 Å². The highest BCUT2D eigenvalue weighted by Gasteiger charge is 2.17. The molecule has 2 N–H and O–H groups in total. The predicted octanol–water partition coefficient (Wildman–Crippen LogP) is 2.14. The van der Waals surface area contributed by atoms with Crippen LogP contribution in [0.5, 0.6) is 11.5 Å². The third-order valence-corrected chi connectivity index (χ3v) is 4.47. The Balaban J connectivity index is 1.59. The second kappa shape index (κ2) is 8.71. The highest BCUT2D eigenvalue weighted by Crippen LogP contribution is 2.28. The number of nitrogens with zero attached hydrogens (tertiary/aromatic N) is 2. The molecule has 3 rings (SSSR count). The molecule has 1 aromatic heterocycles. The van der Waals surface area contributed by atoms with Crippen molar-refractivity contribution in [2.45, 2.75) is 32.4 Å². The van der Waals surface area contributed by atoms with Gasteiger partial charge in [-0.15, -0.1) is 0 Å². The van der Waals surface area contributed by atoms with E-state index in [0.29, 0.717) is 36.4 Å². The number of aromatic nitrogens is 2. The summed E-state index contributed by atoms with van der Waals surface area (Å²) in [4.78, 5) is 12.4. The number of carbonyl (C=O) groups excluding carboxylic acids is 1. The van der Waals surface area contributed by atoms with Crippen LogP contribution in [-0.4, -0.2) is 42.5 Å². The number of benzene rings is 1. The van der Waals surface area contributed by atoms with Crippen molar-refractivity contribution in [2.24, 2.45) is 0 Å². The van der Waals surface area contributed by atoms with E-state index in [2.05, 4.69) is 15.7 Å². The van der Waals surface area contributed by atoms with Crippen LogP contribution in [0.2, 0.25) is 0 Å². The van der Waals surface area contributed by atoms with Crippen LogP contribution < -0.4 is 20.1 Å². The van der Waals surface area contributed by atoms with E-state index in [1.54, 1.807) is 13.2 Å². The Morgan fingerprint density at radius 1 is 1.38 bits per heavy atom. The fourth-order valence-electron chi connectivity index (χ4n) is 3.09. The molecule has 2 heterocycles. The molecule has 1 unspecified atom stereocenters. The van der Waals surface area contributed by atoms with Gasteiger partial charge in [0.15, 0.2) is 11.5 Å². The van der Waals surface area contributed by atoms with Crippen molar-refractivity contribution in [1.29, 1.82) is 0 Å². The zero-order valence-electron chi connectivity index (χ0n) is 15.3. The van der Waals surface area contributed by atoms with Crippen molar-refractivity contribution in [1.82, 2.24) is 20.4 Å². The van der Waals surface area contributed by atoms with E-state index in [0.717, 1.165) is 31.5 Å². The molecule has 1 fully saturated rings. The molecule has 1 saturated heterocycles. The van der Waals surface area contributed by atoms with Gasteiger partial charge in [-0.05, 0) is 50.1 Å². The zero-order chi connectivity index (χ0) is 18.4. The number of nitrogens with one attached hydrogen (secondary N) is 2. The molecule has 0 aliphatic carbocycles. The van der Waals surface area contributed by atoms with Gasteiger partial charge in [0.25, 0.3) is 5.91 Å². The van der Waals surface area contributed by atoms with Gasteiger partial charge in [-0.2, -0.15) is 5.10 Å². The van der Waals surface area contributed by atoms with Crippen LogP contribution in [0.25, 0.3) is 0 Å². The van der Waals surface area contributed by atoms with Crippen LogP contribution >= 0.6 is 0 Å². The minimum Gasteiger partial charge on any atom is -0.493 e. The van der Waals surface area contributed by atoms with Crippen molar-refractivity contribution < 1.29 is 14.3 Å². The Bertz CT molecular complexity index is 738. The summed E-state index contributed by atoms with van der Waals surface area (Å²) in [5.74, 6) is 1.18. The molecular formula is C19H26N4O3. The molecule has 0 bridgehead atoms. The second-order valence-corrected chi connectivity index (χ2v) is 6.28. The van der Waals surface area contributed by atoms with Crippen LogP contribution in [0.15, 0.2) is 30.5 Å². The lowest BCUT2D eigenvalue weighted by Gasteiger charge is -2.22. The van der Waals surface area contributed by atoms with Gasteiger partial charge < -0.3 is 20.1 Å². The van der Waals surface area contributed by atoms with Gasteiger partial charge in [-0.25, -0.2) is 0 Å². The summed E-state index contributed by atoms with van der Waals surface area (Å²) in [5.41, 5.74) is 1.38. The van der Waals surface area contributed by atoms with E-state index in [-0.39, 0.29) is 5.91 Å². The molecule has 7 nitrogen and oxygen atoms in total. The van der Waals surface area contributed by atoms with E-state index in [1.807, 2.05) is 36.0 Å². The number of piperidine rings is 1. The highest BCUT2D eigenvalue weighted by molar-refractivity contribution is 5.92. The minimum atomic E-state index is -0.180. The number of rotatable bonds is 7. The largest absolute Gasteiger partial charge is 0.493 e. The molecule has 1 aromatic carbocycles. The summed E-state index contributed by atoms with van der Waals surface area (Å²) in [7, 11) is 1.60. The quantitative estimate of drug-likeness (QED) is 0.793. The summed E-state index contributed by atoms with van der Waals surface area (Å²) in [5, 5.41) is 10.7. The number of ether oxygens (including phenoxy) is 2. The third-order valence-electron chi connectivity index (χ3n) is 4.47. The summed E-state index contributed by atoms with van der Waals surface area (Å²) < 4.78 is 12.7. The lowest BCUT2D eigenvalue weighted by atomic mass is 10.1. The molecule has 1 amide bonds. The predicted molar refractivity (Wildman–Crippen MR) is 98.7 cm³/mol. The molecule has 0 radical (unpaired) electrons. The molecule has 0 saturated carbocycles. The Labute approximate surface area is 153 Å². The summed E-state index contributed by atoms with van der Waals surface area (Å²) in [6, 6.07) is 7.73. The Hall–Kier alpha value is -2.54. The van der Waals surface area contributed by atoms with Crippen LogP contribution in [0.3, 0.4) is 0 Å². The number of hydrogen-bond acceptors (Lipinski definition) is 5. The molecule has 2 aromatic rings. The van der Waals surface area contributed by atoms with Crippen LogP contribution in [0.4, 0.5) is 0 Å². The molecule has 1 aliphatic rings. The van der Waals surface area contributed by atoms with Crippen LogP contribution in [0.1, 0.15) is 41.9 Å². The van der Waals surface area contributed by atoms with E-state index >= 15 is 0 Å². The van der Waals surface area contributed by atoms with Gasteiger partial charge in [0.05, 0.1) is 19.8 Å². The first kappa shape index (κ1) is 18.3. The van der Waals surface area contributed by atoms with E-state index < -0.39 is 0 Å². The smallest absolute Gasteiger partial charge is 0.272 e. The van der Waals surface area contributed by atoms with Crippen molar-refractivity contribution in [2.75, 3.05) is 26.8 Å². The molecule has 1 atom stereocenters. The van der Waals surface area contributed by atoms with Gasteiger partial charge in [0.1, 0.15) is 5.69 Å². The second-order valence-electron chi connectivity index (χ2n) is 6.28. The number of amides is 1. The van der Waals surface area contributed by atoms with Crippen LogP contribution in [-0.2, 0) is 6.54 Å². The molecule has 7 heteroatoms. The summed E-state index contributed by atoms with van der Waals surface area (Å²) in [6.45, 7) is 4.85. The standard InChI is InChI=1S/C19H26N4O3/c1-3-26-17-7-6-14(11-18(17)25-2)12-21-19(24)16-8-10-23(22-16)15-5-4-9-20-13-15/h6-8,10-11,15,20H,3-5,9,12-13H2,1-2H3,(H,21,24). The topological polar surface area (TPSA) is 77.4 Å². The van der Waals surface area contributed by atoms with Crippen molar-refractivity contribution in [3.8, 4) is 11.5 Å². The first-order valence-electron chi connectivity index (χ1n) is 9.05. The number of carbonyl (C=O) groups is 1. The average molecular weight is 358 g/mol. The Morgan fingerprint density at radius 2 is 2.27 bits per heavy atom. The highest BCUT2D eigenvalue weighted by atomic mass is 16.5. The van der Waals surface area contributed by atoms with Gasteiger partial charge >= 0.3 is 0 Å². The van der Waals surface area contributed by atoms with Crippen LogP contribution in [0, 0.1) is 0 Å². The SMILES string of the molecule is CCOc1ccc(CNC(=O)c2ccn(C3CCCNC3)n2)cc1OC.